The molecule has 2 heterocycles. The minimum absolute atomic E-state index is 0.0134. The van der Waals surface area contributed by atoms with Gasteiger partial charge in [-0.3, -0.25) is 0 Å². The molecule has 2 unspecified atom stereocenters. The van der Waals surface area contributed by atoms with Gasteiger partial charge >= 0.3 is 0 Å². The highest BCUT2D eigenvalue weighted by atomic mass is 19.3. The van der Waals surface area contributed by atoms with Crippen molar-refractivity contribution in [2.24, 2.45) is 0 Å². The molecule has 0 saturated carbocycles. The summed E-state index contributed by atoms with van der Waals surface area (Å²) in [7, 11) is 0. The van der Waals surface area contributed by atoms with Crippen LogP contribution in [0.2, 0.25) is 0 Å². The first-order valence-electron chi connectivity index (χ1n) is 6.34. The van der Waals surface area contributed by atoms with E-state index in [1.807, 2.05) is 0 Å². The number of aliphatic hydroxyl groups is 1. The van der Waals surface area contributed by atoms with Gasteiger partial charge in [-0.15, -0.1) is 0 Å². The van der Waals surface area contributed by atoms with E-state index in [-0.39, 0.29) is 17.8 Å². The van der Waals surface area contributed by atoms with E-state index in [0.717, 1.165) is 12.8 Å². The first kappa shape index (κ1) is 12.1. The van der Waals surface area contributed by atoms with Crippen LogP contribution in [-0.4, -0.2) is 17.3 Å². The molecule has 2 bridgehead atoms. The lowest BCUT2D eigenvalue weighted by molar-refractivity contribution is -0.116. The van der Waals surface area contributed by atoms with Crippen LogP contribution < -0.4 is 0 Å². The second kappa shape index (κ2) is 4.28. The molecule has 3 rings (SSSR count). The van der Waals surface area contributed by atoms with Gasteiger partial charge in [0.25, 0.3) is 6.43 Å². The Hall–Kier alpha value is -1.00. The molecule has 0 radical (unpaired) electrons. The number of halogens is 2. The van der Waals surface area contributed by atoms with Crippen LogP contribution >= 0.6 is 0 Å². The van der Waals surface area contributed by atoms with Crippen LogP contribution in [0.1, 0.15) is 43.2 Å². The monoisotopic (exact) mass is 254 g/mol. The summed E-state index contributed by atoms with van der Waals surface area (Å²) >= 11 is 0. The molecule has 4 heteroatoms. The Labute approximate surface area is 105 Å². The van der Waals surface area contributed by atoms with E-state index in [1.165, 1.54) is 6.07 Å². The fraction of sp³-hybridized carbons (Fsp3) is 0.571. The van der Waals surface area contributed by atoms with Crippen LogP contribution in [0.25, 0.3) is 0 Å². The topological polar surface area (TPSA) is 29.5 Å². The summed E-state index contributed by atoms with van der Waals surface area (Å²) in [5.74, 6) is 0. The van der Waals surface area contributed by atoms with E-state index < -0.39 is 12.0 Å². The van der Waals surface area contributed by atoms with Gasteiger partial charge in [-0.1, -0.05) is 24.3 Å². The maximum atomic E-state index is 13.0. The van der Waals surface area contributed by atoms with E-state index in [1.54, 1.807) is 18.2 Å². The summed E-state index contributed by atoms with van der Waals surface area (Å²) < 4.78 is 31.7. The molecule has 2 atom stereocenters. The normalized spacial score (nSPS) is 35.1. The lowest BCUT2D eigenvalue weighted by Crippen LogP contribution is -2.39. The molecule has 0 amide bonds. The summed E-state index contributed by atoms with van der Waals surface area (Å²) in [4.78, 5) is 0. The Kier molecular flexibility index (Phi) is 2.87. The van der Waals surface area contributed by atoms with Crippen LogP contribution in [0.3, 0.4) is 0 Å². The van der Waals surface area contributed by atoms with E-state index >= 15 is 0 Å². The highest BCUT2D eigenvalue weighted by molar-refractivity contribution is 5.34. The largest absolute Gasteiger partial charge is 0.385 e. The molecule has 0 aliphatic carbocycles. The number of alkyl halides is 2. The molecule has 1 aromatic rings. The molecule has 2 aliphatic heterocycles. The van der Waals surface area contributed by atoms with Gasteiger partial charge in [-0.05, 0) is 18.4 Å². The zero-order valence-electron chi connectivity index (χ0n) is 9.98. The number of fused-ring (bicyclic) bond motifs is 2. The van der Waals surface area contributed by atoms with E-state index in [2.05, 4.69) is 0 Å². The SMILES string of the molecule is OC1(c2ccccc2C(F)F)CC2CCC(C1)O2. The van der Waals surface area contributed by atoms with Gasteiger partial charge in [0.1, 0.15) is 0 Å². The van der Waals surface area contributed by atoms with Crippen LogP contribution in [0.5, 0.6) is 0 Å². The Morgan fingerprint density at radius 3 is 2.39 bits per heavy atom. The second-order valence-corrected chi connectivity index (χ2v) is 5.29. The number of ether oxygens (including phenoxy) is 1. The maximum absolute atomic E-state index is 13.0. The number of hydrogen-bond donors (Lipinski definition) is 1. The first-order valence-corrected chi connectivity index (χ1v) is 6.34. The average Bonchev–Trinajstić information content (AvgIpc) is 2.69. The van der Waals surface area contributed by atoms with Gasteiger partial charge in [-0.25, -0.2) is 8.78 Å². The third-order valence-electron chi connectivity index (χ3n) is 4.02. The van der Waals surface area contributed by atoms with Crippen LogP contribution in [0.15, 0.2) is 24.3 Å². The van der Waals surface area contributed by atoms with E-state index in [9.17, 15) is 13.9 Å². The molecule has 1 N–H and O–H groups in total. The first-order chi connectivity index (χ1) is 8.58. The Morgan fingerprint density at radius 2 is 1.78 bits per heavy atom. The van der Waals surface area contributed by atoms with Crippen LogP contribution in [0.4, 0.5) is 8.78 Å². The van der Waals surface area contributed by atoms with Crippen LogP contribution in [-0.2, 0) is 10.3 Å². The van der Waals surface area contributed by atoms with Crippen molar-refractivity contribution in [3.05, 3.63) is 35.4 Å². The highest BCUT2D eigenvalue weighted by Crippen LogP contribution is 2.45. The smallest absolute Gasteiger partial charge is 0.264 e. The molecule has 98 valence electrons. The summed E-state index contributed by atoms with van der Waals surface area (Å²) in [5, 5.41) is 10.7. The molecule has 0 spiro atoms. The molecular weight excluding hydrogens is 238 g/mol. The summed E-state index contributed by atoms with van der Waals surface area (Å²) in [5.41, 5.74) is -0.835. The van der Waals surface area contributed by atoms with Crippen molar-refractivity contribution < 1.29 is 18.6 Å². The fourth-order valence-corrected chi connectivity index (χ4v) is 3.25. The average molecular weight is 254 g/mol. The molecular formula is C14H16F2O2. The maximum Gasteiger partial charge on any atom is 0.264 e. The molecule has 2 aliphatic rings. The van der Waals surface area contributed by atoms with Gasteiger partial charge in [0.2, 0.25) is 0 Å². The third-order valence-corrected chi connectivity index (χ3v) is 4.02. The van der Waals surface area contributed by atoms with Crippen molar-refractivity contribution in [2.75, 3.05) is 0 Å². The van der Waals surface area contributed by atoms with Crippen molar-refractivity contribution in [1.29, 1.82) is 0 Å². The van der Waals surface area contributed by atoms with Gasteiger partial charge in [-0.2, -0.15) is 0 Å². The number of hydrogen-bond acceptors (Lipinski definition) is 2. The summed E-state index contributed by atoms with van der Waals surface area (Å²) in [6.07, 6.45) is 0.165. The minimum Gasteiger partial charge on any atom is -0.385 e. The Bertz CT molecular complexity index is 435. The van der Waals surface area contributed by atoms with E-state index in [4.69, 9.17) is 4.74 Å². The fourth-order valence-electron chi connectivity index (χ4n) is 3.25. The zero-order chi connectivity index (χ0) is 12.8. The van der Waals surface area contributed by atoms with Crippen molar-refractivity contribution >= 4 is 0 Å². The van der Waals surface area contributed by atoms with Crippen LogP contribution in [0, 0.1) is 0 Å². The third kappa shape index (κ3) is 1.93. The number of benzene rings is 1. The predicted molar refractivity (Wildman–Crippen MR) is 62.4 cm³/mol. The lowest BCUT2D eigenvalue weighted by Gasteiger charge is -2.37. The standard InChI is InChI=1S/C14H16F2O2/c15-13(16)11-3-1-2-4-12(11)14(17)7-9-5-6-10(8-14)18-9/h1-4,9-10,13,17H,5-8H2. The highest BCUT2D eigenvalue weighted by Gasteiger charge is 2.45. The van der Waals surface area contributed by atoms with Gasteiger partial charge in [0.15, 0.2) is 0 Å². The van der Waals surface area contributed by atoms with Gasteiger partial charge in [0.05, 0.1) is 17.8 Å². The zero-order valence-corrected chi connectivity index (χ0v) is 9.98. The Morgan fingerprint density at radius 1 is 1.17 bits per heavy atom. The molecule has 1 aromatic carbocycles. The lowest BCUT2D eigenvalue weighted by atomic mass is 9.81. The summed E-state index contributed by atoms with van der Waals surface area (Å²) in [6.45, 7) is 0. The molecule has 18 heavy (non-hydrogen) atoms. The molecule has 2 saturated heterocycles. The van der Waals surface area contributed by atoms with E-state index in [0.29, 0.717) is 18.4 Å². The van der Waals surface area contributed by atoms with Gasteiger partial charge < -0.3 is 9.84 Å². The summed E-state index contributed by atoms with van der Waals surface area (Å²) in [6, 6.07) is 6.31. The minimum atomic E-state index is -2.55. The molecule has 2 fully saturated rings. The molecule has 2 nitrogen and oxygen atoms in total. The predicted octanol–water partition coefficient (Wildman–Crippen LogP) is 3.15. The quantitative estimate of drug-likeness (QED) is 0.878. The second-order valence-electron chi connectivity index (χ2n) is 5.29. The molecule has 0 aromatic heterocycles. The van der Waals surface area contributed by atoms with Gasteiger partial charge in [0, 0.05) is 18.4 Å². The van der Waals surface area contributed by atoms with Crippen molar-refractivity contribution in [3.8, 4) is 0 Å². The number of rotatable bonds is 2. The van der Waals surface area contributed by atoms with Crippen molar-refractivity contribution in [3.63, 3.8) is 0 Å². The van der Waals surface area contributed by atoms with Crippen molar-refractivity contribution in [1.82, 2.24) is 0 Å². The Balaban J connectivity index is 1.98. The van der Waals surface area contributed by atoms with Crippen molar-refractivity contribution in [2.45, 2.75) is 49.9 Å².